The van der Waals surface area contributed by atoms with Gasteiger partial charge in [-0.1, -0.05) is 48.6 Å². The lowest BCUT2D eigenvalue weighted by Gasteiger charge is -2.28. The van der Waals surface area contributed by atoms with E-state index in [0.29, 0.717) is 17.4 Å². The number of fused-ring (bicyclic) bond motifs is 2. The van der Waals surface area contributed by atoms with Crippen molar-refractivity contribution in [2.45, 2.75) is 67.4 Å². The molecule has 0 fully saturated rings. The number of hydrogen-bond acceptors (Lipinski definition) is 3. The first kappa shape index (κ1) is 26.2. The van der Waals surface area contributed by atoms with Crippen LogP contribution in [0.1, 0.15) is 66.0 Å². The number of H-pyrrole nitrogens is 1. The largest absolute Gasteiger partial charge is 0.506 e. The smallest absolute Gasteiger partial charge is 0.248 e. The number of hydrogen-bond donors (Lipinski definition) is 2. The van der Waals surface area contributed by atoms with Gasteiger partial charge in [-0.2, -0.15) is 0 Å². The van der Waals surface area contributed by atoms with Crippen molar-refractivity contribution in [2.24, 2.45) is 5.92 Å². The molecule has 2 heterocycles. The van der Waals surface area contributed by atoms with Crippen LogP contribution in [0.5, 0.6) is 11.5 Å². The second-order valence-corrected chi connectivity index (χ2v) is 8.13. The molecule has 1 aliphatic rings. The van der Waals surface area contributed by atoms with Crippen molar-refractivity contribution in [2.75, 3.05) is 0 Å². The Morgan fingerprint density at radius 1 is 1.06 bits per heavy atom. The van der Waals surface area contributed by atoms with Crippen LogP contribution in [-0.2, 0) is 6.42 Å². The predicted octanol–water partition coefficient (Wildman–Crippen LogP) is 6.80. The van der Waals surface area contributed by atoms with E-state index in [1.807, 2.05) is 6.07 Å². The fourth-order valence-electron chi connectivity index (χ4n) is 3.61. The minimum Gasteiger partial charge on any atom is -0.506 e. The minimum absolute atomic E-state index is 0. The monoisotopic (exact) mass is 429 g/mol. The molecule has 0 bridgehead atoms. The third-order valence-corrected chi connectivity index (χ3v) is 5.27. The lowest BCUT2D eigenvalue weighted by Crippen LogP contribution is -2.27. The van der Waals surface area contributed by atoms with Gasteiger partial charge in [0.2, 0.25) is 5.56 Å². The van der Waals surface area contributed by atoms with Crippen LogP contribution < -0.4 is 10.3 Å². The Balaban J connectivity index is 0.000000292. The molecule has 0 saturated heterocycles. The van der Waals surface area contributed by atoms with E-state index in [1.165, 1.54) is 12.1 Å². The molecule has 3 aromatic rings. The molecule has 2 N–H and O–H groups in total. The van der Waals surface area contributed by atoms with Gasteiger partial charge in [0, 0.05) is 11.5 Å². The number of halogens is 1. The number of nitrogens with one attached hydrogen (secondary N) is 1. The molecule has 0 aliphatic carbocycles. The van der Waals surface area contributed by atoms with Gasteiger partial charge in [0.15, 0.2) is 0 Å². The van der Waals surface area contributed by atoms with Crippen molar-refractivity contribution >= 4 is 10.9 Å². The molecule has 0 spiro atoms. The second kappa shape index (κ2) is 11.0. The van der Waals surface area contributed by atoms with Crippen LogP contribution in [0, 0.1) is 11.7 Å². The number of aromatic amines is 1. The van der Waals surface area contributed by atoms with Crippen molar-refractivity contribution in [1.82, 2.24) is 4.98 Å². The quantitative estimate of drug-likeness (QED) is 0.471. The molecule has 170 valence electrons. The maximum atomic E-state index is 12.9. The van der Waals surface area contributed by atoms with E-state index in [4.69, 9.17) is 4.74 Å². The summed E-state index contributed by atoms with van der Waals surface area (Å²) in [5, 5.41) is 10.5. The average Bonchev–Trinajstić information content (AvgIpc) is 2.68. The number of aromatic nitrogens is 1. The van der Waals surface area contributed by atoms with Gasteiger partial charge >= 0.3 is 0 Å². The van der Waals surface area contributed by atoms with Gasteiger partial charge in [0.25, 0.3) is 0 Å². The highest BCUT2D eigenvalue weighted by Crippen LogP contribution is 2.31. The topological polar surface area (TPSA) is 62.3 Å². The van der Waals surface area contributed by atoms with Crippen molar-refractivity contribution < 1.29 is 14.2 Å². The molecule has 4 nitrogen and oxygen atoms in total. The summed E-state index contributed by atoms with van der Waals surface area (Å²) in [5.41, 5.74) is 2.45. The first-order chi connectivity index (χ1) is 13.8. The molecule has 31 heavy (non-hydrogen) atoms. The van der Waals surface area contributed by atoms with Crippen LogP contribution in [-0.4, -0.2) is 16.2 Å². The van der Waals surface area contributed by atoms with Crippen LogP contribution >= 0.6 is 0 Å². The molecule has 1 unspecified atom stereocenters. The summed E-state index contributed by atoms with van der Waals surface area (Å²) in [4.78, 5) is 13.8. The zero-order valence-electron chi connectivity index (χ0n) is 17.3. The maximum absolute atomic E-state index is 12.9. The number of aromatic hydroxyl groups is 1. The van der Waals surface area contributed by atoms with Gasteiger partial charge in [-0.15, -0.1) is 0 Å². The standard InChI is InChI=1S/C12H15FO.C12H13NO2.2CH4/c1-8(2)11-5-3-9-7-10(13)4-6-12(9)14-11;1-7(2)8-3-5-10(14)12-9(8)4-6-11(15)13-12;;/h4,6-8,11H,3,5H2,1-2H3;3-7,14H,1-2H3,(H,13,15);2*1H4. The van der Waals surface area contributed by atoms with Crippen molar-refractivity contribution in [1.29, 1.82) is 0 Å². The van der Waals surface area contributed by atoms with Crippen molar-refractivity contribution in [3.8, 4) is 11.5 Å². The number of aryl methyl sites for hydroxylation is 1. The van der Waals surface area contributed by atoms with E-state index in [9.17, 15) is 14.3 Å². The summed E-state index contributed by atoms with van der Waals surface area (Å²) >= 11 is 0. The first-order valence-electron chi connectivity index (χ1n) is 10.1. The Bertz CT molecular complexity index is 1060. The Morgan fingerprint density at radius 3 is 2.42 bits per heavy atom. The van der Waals surface area contributed by atoms with Gasteiger partial charge in [-0.3, -0.25) is 4.79 Å². The number of benzene rings is 2. The Morgan fingerprint density at radius 2 is 1.77 bits per heavy atom. The molecule has 4 rings (SSSR count). The molecule has 5 heteroatoms. The Labute approximate surface area is 185 Å². The van der Waals surface area contributed by atoms with Crippen LogP contribution in [0.3, 0.4) is 0 Å². The minimum atomic E-state index is -0.196. The first-order valence-corrected chi connectivity index (χ1v) is 10.1. The zero-order chi connectivity index (χ0) is 21.1. The molecule has 2 aromatic carbocycles. The molecule has 0 amide bonds. The van der Waals surface area contributed by atoms with Crippen LogP contribution in [0.2, 0.25) is 0 Å². The highest BCUT2D eigenvalue weighted by molar-refractivity contribution is 5.87. The number of phenolic OH excluding ortho intramolecular Hbond substituents is 1. The molecular formula is C26H36FNO3. The lowest BCUT2D eigenvalue weighted by molar-refractivity contribution is 0.127. The molecule has 1 aromatic heterocycles. The van der Waals surface area contributed by atoms with Crippen molar-refractivity contribution in [3.63, 3.8) is 0 Å². The molecule has 0 radical (unpaired) electrons. The number of pyridine rings is 1. The summed E-state index contributed by atoms with van der Waals surface area (Å²) in [6, 6.07) is 11.5. The number of ether oxygens (including phenoxy) is 1. The number of rotatable bonds is 2. The van der Waals surface area contributed by atoms with Crippen LogP contribution in [0.25, 0.3) is 10.9 Å². The van der Waals surface area contributed by atoms with Gasteiger partial charge in [-0.25, -0.2) is 4.39 Å². The number of phenols is 1. The molecule has 1 aliphatic heterocycles. The van der Waals surface area contributed by atoms with Gasteiger partial charge < -0.3 is 14.8 Å². The Kier molecular flexibility index (Phi) is 9.29. The highest BCUT2D eigenvalue weighted by atomic mass is 19.1. The second-order valence-electron chi connectivity index (χ2n) is 8.13. The normalized spacial score (nSPS) is 14.6. The van der Waals surface area contributed by atoms with Gasteiger partial charge in [0.1, 0.15) is 23.4 Å². The zero-order valence-corrected chi connectivity index (χ0v) is 17.3. The summed E-state index contributed by atoms with van der Waals surface area (Å²) in [7, 11) is 0. The third-order valence-electron chi connectivity index (χ3n) is 5.27. The highest BCUT2D eigenvalue weighted by Gasteiger charge is 2.22. The lowest BCUT2D eigenvalue weighted by atomic mass is 9.96. The third kappa shape index (κ3) is 6.09. The fraction of sp³-hybridized carbons (Fsp3) is 0.423. The Hall–Kier alpha value is -2.82. The van der Waals surface area contributed by atoms with E-state index in [1.54, 1.807) is 24.3 Å². The fourth-order valence-corrected chi connectivity index (χ4v) is 3.61. The summed E-state index contributed by atoms with van der Waals surface area (Å²) in [5.74, 6) is 1.69. The van der Waals surface area contributed by atoms with Gasteiger partial charge in [0.05, 0.1) is 5.52 Å². The summed E-state index contributed by atoms with van der Waals surface area (Å²) in [6.07, 6.45) is 2.21. The summed E-state index contributed by atoms with van der Waals surface area (Å²) in [6.45, 7) is 8.46. The molecule has 1 atom stereocenters. The van der Waals surface area contributed by atoms with E-state index >= 15 is 0 Å². The average molecular weight is 430 g/mol. The maximum Gasteiger partial charge on any atom is 0.248 e. The van der Waals surface area contributed by atoms with E-state index < -0.39 is 0 Å². The van der Waals surface area contributed by atoms with Crippen molar-refractivity contribution in [3.05, 3.63) is 69.8 Å². The predicted molar refractivity (Wildman–Crippen MR) is 128 cm³/mol. The molecular weight excluding hydrogens is 393 g/mol. The van der Waals surface area contributed by atoms with E-state index in [-0.39, 0.29) is 38.1 Å². The summed E-state index contributed by atoms with van der Waals surface area (Å²) < 4.78 is 18.7. The van der Waals surface area contributed by atoms with Crippen LogP contribution in [0.15, 0.2) is 47.3 Å². The SMILES string of the molecule is C.C.CC(C)C1CCc2cc(F)ccc2O1.CC(C)c1ccc(O)c2[nH]c(=O)ccc12. The van der Waals surface area contributed by atoms with Crippen LogP contribution in [0.4, 0.5) is 4.39 Å². The molecule has 0 saturated carbocycles. The van der Waals surface area contributed by atoms with E-state index in [2.05, 4.69) is 32.7 Å². The van der Waals surface area contributed by atoms with Gasteiger partial charge in [-0.05, 0) is 66.1 Å². The van der Waals surface area contributed by atoms with E-state index in [0.717, 1.165) is 35.1 Å².